The average Bonchev–Trinajstić information content (AvgIpc) is 2.87. The Kier molecular flexibility index (Phi) is 9.11. The van der Waals surface area contributed by atoms with E-state index in [2.05, 4.69) is 0 Å². The van der Waals surface area contributed by atoms with E-state index in [-0.39, 0.29) is 18.0 Å². The molecule has 0 bridgehead atoms. The summed E-state index contributed by atoms with van der Waals surface area (Å²) in [4.78, 5) is 0.261. The van der Waals surface area contributed by atoms with E-state index in [9.17, 15) is 8.42 Å². The summed E-state index contributed by atoms with van der Waals surface area (Å²) in [5.41, 5.74) is 2.81. The molecule has 35 heavy (non-hydrogen) atoms. The molecule has 0 fully saturated rings. The molecular formula is C28H31NO5S. The highest BCUT2D eigenvalue weighted by atomic mass is 32.2. The van der Waals surface area contributed by atoms with Crippen LogP contribution in [0.15, 0.2) is 83.8 Å². The van der Waals surface area contributed by atoms with Crippen molar-refractivity contribution >= 4 is 22.2 Å². The van der Waals surface area contributed by atoms with Crippen LogP contribution < -0.4 is 14.2 Å². The van der Waals surface area contributed by atoms with Crippen LogP contribution >= 0.6 is 0 Å². The van der Waals surface area contributed by atoms with Crippen molar-refractivity contribution in [2.45, 2.75) is 11.8 Å². The predicted molar refractivity (Wildman–Crippen MR) is 141 cm³/mol. The first-order valence-electron chi connectivity index (χ1n) is 11.1. The minimum Gasteiger partial charge on any atom is -0.493 e. The summed E-state index contributed by atoms with van der Waals surface area (Å²) in [6.45, 7) is 2.34. The largest absolute Gasteiger partial charge is 0.493 e. The molecule has 3 rings (SSSR count). The van der Waals surface area contributed by atoms with Crippen molar-refractivity contribution in [3.63, 3.8) is 0 Å². The van der Waals surface area contributed by atoms with Gasteiger partial charge in [-0.3, -0.25) is 0 Å². The summed E-state index contributed by atoms with van der Waals surface area (Å²) in [6, 6.07) is 20.3. The molecule has 0 radical (unpaired) electrons. The normalized spacial score (nSPS) is 11.9. The Hall–Kier alpha value is -3.55. The van der Waals surface area contributed by atoms with Crippen LogP contribution in [0.5, 0.6) is 17.2 Å². The summed E-state index contributed by atoms with van der Waals surface area (Å²) in [7, 11) is 0.957. The van der Waals surface area contributed by atoms with Crippen molar-refractivity contribution < 1.29 is 22.6 Å². The number of methoxy groups -OCH3 is 3. The van der Waals surface area contributed by atoms with Gasteiger partial charge in [0.15, 0.2) is 11.5 Å². The predicted octanol–water partition coefficient (Wildman–Crippen LogP) is 5.44. The van der Waals surface area contributed by atoms with Gasteiger partial charge in [0, 0.05) is 13.1 Å². The second kappa shape index (κ2) is 12.2. The van der Waals surface area contributed by atoms with Crippen molar-refractivity contribution in [3.05, 3.63) is 95.6 Å². The van der Waals surface area contributed by atoms with Gasteiger partial charge in [-0.1, -0.05) is 72.3 Å². The Bertz CT molecular complexity index is 1240. The lowest BCUT2D eigenvalue weighted by molar-refractivity contribution is 0.324. The lowest BCUT2D eigenvalue weighted by atomic mass is 10.1. The van der Waals surface area contributed by atoms with E-state index in [4.69, 9.17) is 14.2 Å². The molecule has 0 atom stereocenters. The molecule has 0 aliphatic rings. The van der Waals surface area contributed by atoms with Crippen molar-refractivity contribution in [3.8, 4) is 17.2 Å². The maximum absolute atomic E-state index is 13.4. The topological polar surface area (TPSA) is 65.1 Å². The number of sulfonamides is 1. The smallest absolute Gasteiger partial charge is 0.243 e. The van der Waals surface area contributed by atoms with Crippen LogP contribution in [0.2, 0.25) is 0 Å². The van der Waals surface area contributed by atoms with E-state index < -0.39 is 10.0 Å². The molecule has 6 nitrogen and oxygen atoms in total. The zero-order valence-corrected chi connectivity index (χ0v) is 21.3. The third kappa shape index (κ3) is 6.74. The monoisotopic (exact) mass is 493 g/mol. The molecule has 0 N–H and O–H groups in total. The Morgan fingerprint density at radius 1 is 0.743 bits per heavy atom. The van der Waals surface area contributed by atoms with Crippen molar-refractivity contribution in [2.24, 2.45) is 0 Å². The molecule has 7 heteroatoms. The lowest BCUT2D eigenvalue weighted by Gasteiger charge is -2.19. The van der Waals surface area contributed by atoms with Crippen LogP contribution in [0.1, 0.15) is 16.7 Å². The highest BCUT2D eigenvalue weighted by molar-refractivity contribution is 7.89. The quantitative estimate of drug-likeness (QED) is 0.356. The summed E-state index contributed by atoms with van der Waals surface area (Å²) < 4.78 is 44.5. The van der Waals surface area contributed by atoms with Gasteiger partial charge in [-0.15, -0.1) is 0 Å². The van der Waals surface area contributed by atoms with Gasteiger partial charge in [0.25, 0.3) is 0 Å². The first kappa shape index (κ1) is 26.1. The number of hydrogen-bond acceptors (Lipinski definition) is 5. The second-order valence-corrected chi connectivity index (χ2v) is 9.75. The summed E-state index contributed by atoms with van der Waals surface area (Å²) in [6.07, 6.45) is 7.42. The van der Waals surface area contributed by atoms with Crippen molar-refractivity contribution in [1.82, 2.24) is 4.31 Å². The Morgan fingerprint density at radius 2 is 1.29 bits per heavy atom. The van der Waals surface area contributed by atoms with Gasteiger partial charge >= 0.3 is 0 Å². The molecule has 0 aromatic heterocycles. The Labute approximate surface area is 208 Å². The number of benzene rings is 3. The van der Waals surface area contributed by atoms with E-state index in [1.807, 2.05) is 73.7 Å². The fourth-order valence-electron chi connectivity index (χ4n) is 3.50. The Balaban J connectivity index is 1.87. The molecule has 0 saturated carbocycles. The molecule has 3 aromatic rings. The van der Waals surface area contributed by atoms with Crippen LogP contribution in [0.25, 0.3) is 12.2 Å². The zero-order chi connectivity index (χ0) is 25.3. The molecule has 0 spiro atoms. The number of rotatable bonds is 11. The highest BCUT2D eigenvalue weighted by Gasteiger charge is 2.22. The minimum absolute atomic E-state index is 0.187. The van der Waals surface area contributed by atoms with Crippen molar-refractivity contribution in [2.75, 3.05) is 34.4 Å². The van der Waals surface area contributed by atoms with Crippen molar-refractivity contribution in [1.29, 1.82) is 0 Å². The molecule has 3 aromatic carbocycles. The summed E-state index contributed by atoms with van der Waals surface area (Å²) >= 11 is 0. The maximum atomic E-state index is 13.4. The maximum Gasteiger partial charge on any atom is 0.243 e. The fourth-order valence-corrected chi connectivity index (χ4v) is 4.85. The van der Waals surface area contributed by atoms with Crippen LogP contribution in [0.4, 0.5) is 0 Å². The fraction of sp³-hybridized carbons (Fsp3) is 0.214. The van der Waals surface area contributed by atoms with Crippen LogP contribution in [0, 0.1) is 6.92 Å². The van der Waals surface area contributed by atoms with Gasteiger partial charge in [-0.05, 0) is 42.3 Å². The van der Waals surface area contributed by atoms with E-state index in [0.29, 0.717) is 17.2 Å². The van der Waals surface area contributed by atoms with Crippen LogP contribution in [-0.4, -0.2) is 47.1 Å². The standard InChI is InChI=1S/C28H31NO5S/c1-22-14-16-25(17-15-22)35(30,31)29(18-8-12-23-10-6-5-7-11-23)19-9-13-24-20-26(32-2)28(34-4)27(21-24)33-3/h5-17,20-21H,18-19H2,1-4H3/b12-8+,13-9+. The van der Waals surface area contributed by atoms with Crippen LogP contribution in [-0.2, 0) is 10.0 Å². The third-order valence-corrected chi connectivity index (χ3v) is 7.23. The minimum atomic E-state index is -3.70. The number of nitrogens with zero attached hydrogens (tertiary/aromatic N) is 1. The second-order valence-electron chi connectivity index (χ2n) is 7.81. The van der Waals surface area contributed by atoms with E-state index in [0.717, 1.165) is 16.7 Å². The van der Waals surface area contributed by atoms with Crippen LogP contribution in [0.3, 0.4) is 0 Å². The van der Waals surface area contributed by atoms with E-state index in [1.54, 1.807) is 45.6 Å². The zero-order valence-electron chi connectivity index (χ0n) is 20.5. The molecule has 0 unspecified atom stereocenters. The summed E-state index contributed by atoms with van der Waals surface area (Å²) in [5.74, 6) is 1.56. The number of ether oxygens (including phenoxy) is 3. The molecular weight excluding hydrogens is 462 g/mol. The van der Waals surface area contributed by atoms with E-state index >= 15 is 0 Å². The Morgan fingerprint density at radius 3 is 1.80 bits per heavy atom. The average molecular weight is 494 g/mol. The van der Waals surface area contributed by atoms with E-state index in [1.165, 1.54) is 4.31 Å². The number of aryl methyl sites for hydroxylation is 1. The molecule has 184 valence electrons. The third-order valence-electron chi connectivity index (χ3n) is 5.38. The van der Waals surface area contributed by atoms with Gasteiger partial charge < -0.3 is 14.2 Å². The molecule has 0 saturated heterocycles. The first-order chi connectivity index (χ1) is 16.9. The summed E-state index contributed by atoms with van der Waals surface area (Å²) in [5, 5.41) is 0. The van der Waals surface area contributed by atoms with Gasteiger partial charge in [0.05, 0.1) is 26.2 Å². The molecule has 0 aliphatic heterocycles. The first-order valence-corrected chi connectivity index (χ1v) is 12.6. The molecule has 0 aliphatic carbocycles. The van der Waals surface area contributed by atoms with Gasteiger partial charge in [-0.25, -0.2) is 8.42 Å². The number of hydrogen-bond donors (Lipinski definition) is 0. The lowest BCUT2D eigenvalue weighted by Crippen LogP contribution is -2.31. The highest BCUT2D eigenvalue weighted by Crippen LogP contribution is 2.38. The molecule has 0 amide bonds. The molecule has 0 heterocycles. The van der Waals surface area contributed by atoms with Gasteiger partial charge in [0.1, 0.15) is 0 Å². The SMILES string of the molecule is COc1cc(/C=C/CN(C/C=C/c2ccccc2)S(=O)(=O)c2ccc(C)cc2)cc(OC)c1OC. The van der Waals surface area contributed by atoms with Gasteiger partial charge in [0.2, 0.25) is 15.8 Å². The van der Waals surface area contributed by atoms with Gasteiger partial charge in [-0.2, -0.15) is 4.31 Å².